The molecule has 0 aliphatic rings. The predicted molar refractivity (Wildman–Crippen MR) is 168 cm³/mol. The Labute approximate surface area is 244 Å². The van der Waals surface area contributed by atoms with Crippen LogP contribution in [0, 0.1) is 0 Å². The Kier molecular flexibility index (Phi) is 5.95. The average molecular weight is 650 g/mol. The number of aromatic hydroxyl groups is 2. The maximum absolute atomic E-state index is 11.3. The summed E-state index contributed by atoms with van der Waals surface area (Å²) in [7, 11) is 0. The van der Waals surface area contributed by atoms with Gasteiger partial charge in [-0.2, -0.15) is 0 Å². The molecule has 192 valence electrons. The fourth-order valence-electron chi connectivity index (χ4n) is 4.86. The Hall–Kier alpha value is -4.40. The van der Waals surface area contributed by atoms with E-state index >= 15 is 0 Å². The zero-order valence-corrected chi connectivity index (χ0v) is 23.8. The number of nitrogens with zero attached hydrogens (tertiary/aromatic N) is 4. The highest BCUT2D eigenvalue weighted by molar-refractivity contribution is 9.10. The topological polar surface area (TPSA) is 92.0 Å². The third-order valence-electron chi connectivity index (χ3n) is 6.85. The molecule has 4 aromatic carbocycles. The van der Waals surface area contributed by atoms with Crippen molar-refractivity contribution in [1.29, 1.82) is 0 Å². The molecule has 40 heavy (non-hydrogen) atoms. The number of para-hydroxylation sites is 2. The van der Waals surface area contributed by atoms with E-state index in [1.165, 1.54) is 0 Å². The Morgan fingerprint density at radius 2 is 0.900 bits per heavy atom. The molecule has 8 heteroatoms. The molecule has 0 fully saturated rings. The third kappa shape index (κ3) is 4.26. The van der Waals surface area contributed by atoms with Gasteiger partial charge in [-0.15, -0.1) is 0 Å². The van der Waals surface area contributed by atoms with Crippen LogP contribution < -0.4 is 0 Å². The zero-order valence-electron chi connectivity index (χ0n) is 20.7. The summed E-state index contributed by atoms with van der Waals surface area (Å²) in [6, 6.07) is 26.4. The molecule has 0 spiro atoms. The Bertz CT molecular complexity index is 2130. The van der Waals surface area contributed by atoms with Crippen molar-refractivity contribution in [2.75, 3.05) is 0 Å². The summed E-state index contributed by atoms with van der Waals surface area (Å²) in [5, 5.41) is 26.6. The van der Waals surface area contributed by atoms with Gasteiger partial charge in [-0.3, -0.25) is 9.97 Å². The predicted octanol–water partition coefficient (Wildman–Crippen LogP) is 8.81. The van der Waals surface area contributed by atoms with Crippen LogP contribution in [0.1, 0.15) is 0 Å². The van der Waals surface area contributed by atoms with E-state index < -0.39 is 0 Å². The maximum atomic E-state index is 11.3. The van der Waals surface area contributed by atoms with Gasteiger partial charge in [0.2, 0.25) is 0 Å². The Morgan fingerprint density at radius 3 is 1.35 bits per heavy atom. The second kappa shape index (κ2) is 9.66. The molecular formula is C32H18Br2N4O2. The first-order valence-corrected chi connectivity index (χ1v) is 14.0. The van der Waals surface area contributed by atoms with Gasteiger partial charge in [0, 0.05) is 53.7 Å². The second-order valence-corrected chi connectivity index (χ2v) is 11.2. The van der Waals surface area contributed by atoms with Gasteiger partial charge in [-0.1, -0.05) is 68.3 Å². The largest absolute Gasteiger partial charge is 0.507 e. The number of hydrogen-bond acceptors (Lipinski definition) is 6. The van der Waals surface area contributed by atoms with Crippen LogP contribution in [0.15, 0.2) is 106 Å². The van der Waals surface area contributed by atoms with E-state index in [4.69, 9.17) is 9.97 Å². The molecule has 0 atom stereocenters. The van der Waals surface area contributed by atoms with E-state index in [2.05, 4.69) is 41.8 Å². The van der Waals surface area contributed by atoms with E-state index in [9.17, 15) is 10.2 Å². The van der Waals surface area contributed by atoms with Crippen molar-refractivity contribution in [3.8, 4) is 11.5 Å². The normalized spacial score (nSPS) is 11.4. The Balaban J connectivity index is 1.75. The van der Waals surface area contributed by atoms with Crippen molar-refractivity contribution in [2.45, 2.75) is 0 Å². The lowest BCUT2D eigenvalue weighted by molar-refractivity contribution is 0.486. The first kappa shape index (κ1) is 24.6. The quantitative estimate of drug-likeness (QED) is 0.160. The van der Waals surface area contributed by atoms with Gasteiger partial charge in [0.1, 0.15) is 11.5 Å². The van der Waals surface area contributed by atoms with Crippen LogP contribution in [0.4, 0.5) is 0 Å². The van der Waals surface area contributed by atoms with Crippen LogP contribution in [-0.4, -0.2) is 30.1 Å². The van der Waals surface area contributed by atoms with Crippen molar-refractivity contribution in [1.82, 2.24) is 19.9 Å². The molecule has 0 amide bonds. The highest BCUT2D eigenvalue weighted by atomic mass is 79.9. The SMILES string of the molecule is Oc1c2cnc3ccccc3ncc3cc(Br)cc(c3O)c3ccc4ccc5ccc(nc5c4n3)c1cc(Br)c2. The Morgan fingerprint density at radius 1 is 0.475 bits per heavy atom. The molecular weight excluding hydrogens is 632 g/mol. The minimum Gasteiger partial charge on any atom is -0.507 e. The van der Waals surface area contributed by atoms with Crippen LogP contribution in [0.2, 0.25) is 0 Å². The fourth-order valence-corrected chi connectivity index (χ4v) is 5.81. The smallest absolute Gasteiger partial charge is 0.133 e. The van der Waals surface area contributed by atoms with Crippen LogP contribution >= 0.6 is 31.9 Å². The zero-order chi connectivity index (χ0) is 27.4. The van der Waals surface area contributed by atoms with Crippen molar-refractivity contribution >= 4 is 97.3 Å². The number of hydrogen-bond donors (Lipinski definition) is 2. The number of fused-ring (bicyclic) bond motifs is 9. The summed E-state index contributed by atoms with van der Waals surface area (Å²) in [6.07, 6.45) is 3.22. The fraction of sp³-hybridized carbons (Fsp3) is 0. The summed E-state index contributed by atoms with van der Waals surface area (Å²) in [5.41, 5.74) is 3.79. The highest BCUT2D eigenvalue weighted by Crippen LogP contribution is 2.34. The van der Waals surface area contributed by atoms with Crippen molar-refractivity contribution < 1.29 is 10.2 Å². The van der Waals surface area contributed by atoms with E-state index in [1.807, 2.05) is 72.8 Å². The lowest BCUT2D eigenvalue weighted by atomic mass is 10.1. The number of pyridine rings is 2. The minimum atomic E-state index is 0.0690. The standard InChI is InChI=1S/C32H18Br2N4O2/c33-21-11-19-15-35-27-3-1-2-4-28(27)36-16-20-12-22(34)14-24(32(20)40)26-10-8-18-6-5-17-7-9-25(23(13-21)31(19)39)37-29(17)30(18)38-26/h1-16,39-40H. The molecule has 3 heterocycles. The summed E-state index contributed by atoms with van der Waals surface area (Å²) < 4.78 is 1.56. The van der Waals surface area contributed by atoms with Crippen LogP contribution in [0.3, 0.4) is 0 Å². The van der Waals surface area contributed by atoms with Crippen molar-refractivity contribution in [3.05, 3.63) is 106 Å². The van der Waals surface area contributed by atoms with Crippen LogP contribution in [0.25, 0.3) is 65.4 Å². The van der Waals surface area contributed by atoms with Gasteiger partial charge < -0.3 is 10.2 Å². The van der Waals surface area contributed by atoms with Gasteiger partial charge in [-0.25, -0.2) is 9.97 Å². The maximum Gasteiger partial charge on any atom is 0.133 e. The highest BCUT2D eigenvalue weighted by Gasteiger charge is 2.10. The summed E-state index contributed by atoms with van der Waals surface area (Å²) >= 11 is 7.17. The van der Waals surface area contributed by atoms with Gasteiger partial charge in [-0.05, 0) is 48.5 Å². The van der Waals surface area contributed by atoms with Crippen molar-refractivity contribution in [2.24, 2.45) is 0 Å². The number of rotatable bonds is 0. The summed E-state index contributed by atoms with van der Waals surface area (Å²) in [6.45, 7) is 0. The van der Waals surface area contributed by atoms with Gasteiger partial charge in [0.15, 0.2) is 0 Å². The molecule has 0 radical (unpaired) electrons. The van der Waals surface area contributed by atoms with Gasteiger partial charge in [0.05, 0.1) is 33.1 Å². The van der Waals surface area contributed by atoms with Crippen LogP contribution in [-0.2, 0) is 0 Å². The first-order valence-electron chi connectivity index (χ1n) is 12.4. The molecule has 7 rings (SSSR count). The van der Waals surface area contributed by atoms with E-state index in [0.717, 1.165) is 19.7 Å². The number of halogens is 2. The number of aromatic nitrogens is 4. The molecule has 0 unspecified atom stereocenters. The molecule has 0 saturated carbocycles. The lowest BCUT2D eigenvalue weighted by Crippen LogP contribution is -1.88. The minimum absolute atomic E-state index is 0.0690. The summed E-state index contributed by atoms with van der Waals surface area (Å²) in [5.74, 6) is 0.138. The molecule has 6 nitrogen and oxygen atoms in total. The number of benzene rings is 4. The number of phenols is 2. The van der Waals surface area contributed by atoms with Gasteiger partial charge in [0.25, 0.3) is 0 Å². The van der Waals surface area contributed by atoms with E-state index in [0.29, 0.717) is 54.6 Å². The van der Waals surface area contributed by atoms with Crippen molar-refractivity contribution in [3.63, 3.8) is 0 Å². The molecule has 0 saturated heterocycles. The molecule has 2 N–H and O–H groups in total. The molecule has 7 aromatic rings. The molecule has 0 aliphatic carbocycles. The molecule has 3 aromatic heterocycles. The third-order valence-corrected chi connectivity index (χ3v) is 7.76. The molecule has 8 bridgehead atoms. The lowest BCUT2D eigenvalue weighted by Gasteiger charge is -2.07. The van der Waals surface area contributed by atoms with Gasteiger partial charge >= 0.3 is 0 Å². The van der Waals surface area contributed by atoms with E-state index in [1.54, 1.807) is 24.5 Å². The van der Waals surface area contributed by atoms with Crippen LogP contribution in [0.5, 0.6) is 11.5 Å². The monoisotopic (exact) mass is 648 g/mol. The first-order chi connectivity index (χ1) is 19.4. The second-order valence-electron chi connectivity index (χ2n) is 9.39. The number of phenolic OH excluding ortho intramolecular Hbond substituents is 2. The summed E-state index contributed by atoms with van der Waals surface area (Å²) in [4.78, 5) is 19.2. The average Bonchev–Trinajstić information content (AvgIpc) is 2.97. The molecule has 0 aliphatic heterocycles. The van der Waals surface area contributed by atoms with E-state index in [-0.39, 0.29) is 11.5 Å².